The first-order valence-electron chi connectivity index (χ1n) is 10.1. The molecule has 2 aromatic carbocycles. The fraction of sp³-hybridized carbons (Fsp3) is 0.273. The number of aromatic hydroxyl groups is 4. The summed E-state index contributed by atoms with van der Waals surface area (Å²) in [5.74, 6) is -1.72. The average molecular weight is 509 g/mol. The molecule has 0 spiro atoms. The smallest absolute Gasteiger partial charge is 0.276 e. The summed E-state index contributed by atoms with van der Waals surface area (Å²) in [6, 6.07) is 2.25. The number of hydrogen-bond acceptors (Lipinski definition) is 8. The molecule has 4 aromatic rings. The Morgan fingerprint density at radius 2 is 1.24 bits per heavy atom. The van der Waals surface area contributed by atoms with Gasteiger partial charge in [0.05, 0.1) is 45.3 Å². The van der Waals surface area contributed by atoms with Crippen LogP contribution in [0.25, 0.3) is 21.5 Å². The van der Waals surface area contributed by atoms with E-state index < -0.39 is 22.8 Å². The van der Waals surface area contributed by atoms with Crippen LogP contribution in [0.1, 0.15) is 39.8 Å². The van der Waals surface area contributed by atoms with Gasteiger partial charge in [0, 0.05) is 10.8 Å². The minimum Gasteiger partial charge on any atom is -0.504 e. The van der Waals surface area contributed by atoms with E-state index in [0.29, 0.717) is 10.8 Å². The molecule has 12 heteroatoms. The zero-order valence-corrected chi connectivity index (χ0v) is 20.1. The number of aromatic nitrogens is 4. The SMILES string of the molecule is CC(C)n1ncc2c(Cl)c(O)c(O)cc2c1=O.CC(C)n1ncc2cc(O)c(O)c(Cl)c2c1=O. The highest BCUT2D eigenvalue weighted by Crippen LogP contribution is 2.38. The van der Waals surface area contributed by atoms with Crippen LogP contribution in [0.5, 0.6) is 23.0 Å². The standard InChI is InChI=1S/2C11H11ClN2O3/c1-5(2)14-11(17)6-3-8(15)10(16)9(12)7(6)4-13-14;1-5(2)14-11(17)8-6(4-13-14)3-7(15)10(16)9(8)12/h2*3-5,15-16H,1-2H3. The molecule has 0 radical (unpaired) electrons. The lowest BCUT2D eigenvalue weighted by Gasteiger charge is -2.10. The van der Waals surface area contributed by atoms with Crippen molar-refractivity contribution in [2.24, 2.45) is 0 Å². The number of fused-ring (bicyclic) bond motifs is 2. The highest BCUT2D eigenvalue weighted by Gasteiger charge is 2.17. The van der Waals surface area contributed by atoms with Gasteiger partial charge in [0.2, 0.25) is 0 Å². The lowest BCUT2D eigenvalue weighted by atomic mass is 10.1. The molecule has 180 valence electrons. The van der Waals surface area contributed by atoms with Crippen molar-refractivity contribution >= 4 is 44.7 Å². The average Bonchev–Trinajstić information content (AvgIpc) is 2.76. The number of hydrogen-bond donors (Lipinski definition) is 4. The van der Waals surface area contributed by atoms with Crippen molar-refractivity contribution < 1.29 is 20.4 Å². The molecule has 0 aliphatic rings. The number of benzene rings is 2. The van der Waals surface area contributed by atoms with Crippen molar-refractivity contribution in [1.29, 1.82) is 0 Å². The van der Waals surface area contributed by atoms with Gasteiger partial charge in [-0.1, -0.05) is 23.2 Å². The van der Waals surface area contributed by atoms with E-state index in [9.17, 15) is 30.0 Å². The molecule has 0 saturated carbocycles. The second-order valence-electron chi connectivity index (χ2n) is 8.02. The van der Waals surface area contributed by atoms with Gasteiger partial charge in [-0.15, -0.1) is 0 Å². The first kappa shape index (κ1) is 25.1. The maximum absolute atomic E-state index is 12.1. The first-order chi connectivity index (χ1) is 15.9. The fourth-order valence-corrected chi connectivity index (χ4v) is 3.77. The van der Waals surface area contributed by atoms with Crippen LogP contribution in [-0.2, 0) is 0 Å². The van der Waals surface area contributed by atoms with E-state index in [-0.39, 0.29) is 44.2 Å². The van der Waals surface area contributed by atoms with Crippen LogP contribution in [0.3, 0.4) is 0 Å². The Hall–Kier alpha value is -3.50. The lowest BCUT2D eigenvalue weighted by molar-refractivity contribution is 0.405. The summed E-state index contributed by atoms with van der Waals surface area (Å²) in [5.41, 5.74) is -0.743. The second-order valence-corrected chi connectivity index (χ2v) is 8.77. The maximum atomic E-state index is 12.1. The summed E-state index contributed by atoms with van der Waals surface area (Å²) < 4.78 is 2.56. The molecule has 34 heavy (non-hydrogen) atoms. The van der Waals surface area contributed by atoms with Crippen molar-refractivity contribution in [2.75, 3.05) is 0 Å². The Kier molecular flexibility index (Phi) is 6.94. The molecule has 0 bridgehead atoms. The zero-order chi connectivity index (χ0) is 25.5. The molecule has 0 fully saturated rings. The second kappa shape index (κ2) is 9.40. The Morgan fingerprint density at radius 3 is 1.82 bits per heavy atom. The quantitative estimate of drug-likeness (QED) is 0.295. The normalized spacial score (nSPS) is 11.3. The molecule has 2 heterocycles. The lowest BCUT2D eigenvalue weighted by Crippen LogP contribution is -2.24. The van der Waals surface area contributed by atoms with Crippen LogP contribution in [0.2, 0.25) is 10.0 Å². The largest absolute Gasteiger partial charge is 0.504 e. The molecule has 0 amide bonds. The highest BCUT2D eigenvalue weighted by atomic mass is 35.5. The van der Waals surface area contributed by atoms with Crippen molar-refractivity contribution in [3.8, 4) is 23.0 Å². The summed E-state index contributed by atoms with van der Waals surface area (Å²) >= 11 is 11.7. The third-order valence-corrected chi connectivity index (χ3v) is 5.73. The van der Waals surface area contributed by atoms with Crippen LogP contribution in [0.4, 0.5) is 0 Å². The van der Waals surface area contributed by atoms with Crippen molar-refractivity contribution in [3.05, 3.63) is 55.3 Å². The molecule has 0 aliphatic carbocycles. The van der Waals surface area contributed by atoms with Gasteiger partial charge in [-0.2, -0.15) is 10.2 Å². The zero-order valence-electron chi connectivity index (χ0n) is 18.6. The molecule has 0 aliphatic heterocycles. The fourth-order valence-electron chi connectivity index (χ4n) is 3.23. The Balaban J connectivity index is 0.000000191. The van der Waals surface area contributed by atoms with Gasteiger partial charge in [-0.25, -0.2) is 9.36 Å². The third kappa shape index (κ3) is 4.34. The summed E-state index contributed by atoms with van der Waals surface area (Å²) in [5, 5.41) is 46.6. The minimum atomic E-state index is -0.488. The number of rotatable bonds is 2. The Labute approximate surface area is 202 Å². The monoisotopic (exact) mass is 508 g/mol. The van der Waals surface area contributed by atoms with Gasteiger partial charge >= 0.3 is 0 Å². The molecule has 2 aromatic heterocycles. The van der Waals surface area contributed by atoms with Gasteiger partial charge < -0.3 is 20.4 Å². The number of phenols is 4. The number of halogens is 2. The summed E-state index contributed by atoms with van der Waals surface area (Å²) in [6.07, 6.45) is 2.83. The van der Waals surface area contributed by atoms with Crippen molar-refractivity contribution in [1.82, 2.24) is 19.6 Å². The Bertz CT molecular complexity index is 1530. The van der Waals surface area contributed by atoms with E-state index in [1.54, 1.807) is 0 Å². The number of phenolic OH excluding ortho intramolecular Hbond substituents is 4. The van der Waals surface area contributed by atoms with Crippen LogP contribution in [-0.4, -0.2) is 40.0 Å². The third-order valence-electron chi connectivity index (χ3n) is 4.98. The van der Waals surface area contributed by atoms with Crippen molar-refractivity contribution in [3.63, 3.8) is 0 Å². The van der Waals surface area contributed by atoms with E-state index >= 15 is 0 Å². The molecular formula is C22H22Cl2N4O6. The predicted molar refractivity (Wildman–Crippen MR) is 129 cm³/mol. The van der Waals surface area contributed by atoms with E-state index in [0.717, 1.165) is 0 Å². The van der Waals surface area contributed by atoms with Crippen molar-refractivity contribution in [2.45, 2.75) is 39.8 Å². The maximum Gasteiger partial charge on any atom is 0.276 e. The van der Waals surface area contributed by atoms with Gasteiger partial charge in [0.25, 0.3) is 11.1 Å². The molecule has 0 unspecified atom stereocenters. The van der Waals surface area contributed by atoms with Gasteiger partial charge in [0.1, 0.15) is 0 Å². The van der Waals surface area contributed by atoms with Crippen LogP contribution >= 0.6 is 23.2 Å². The topological polar surface area (TPSA) is 151 Å². The molecule has 4 N–H and O–H groups in total. The van der Waals surface area contributed by atoms with Gasteiger partial charge in [-0.05, 0) is 39.8 Å². The van der Waals surface area contributed by atoms with E-state index in [2.05, 4.69) is 10.2 Å². The molecular weight excluding hydrogens is 487 g/mol. The number of nitrogens with zero attached hydrogens (tertiary/aromatic N) is 4. The van der Waals surface area contributed by atoms with Crippen LogP contribution in [0.15, 0.2) is 34.1 Å². The molecule has 10 nitrogen and oxygen atoms in total. The summed E-state index contributed by atoms with van der Waals surface area (Å²) in [7, 11) is 0. The van der Waals surface area contributed by atoms with Crippen LogP contribution < -0.4 is 11.1 Å². The molecule has 4 rings (SSSR count). The minimum absolute atomic E-state index is 0.0690. The van der Waals surface area contributed by atoms with Gasteiger partial charge in [0.15, 0.2) is 23.0 Å². The van der Waals surface area contributed by atoms with Crippen LogP contribution in [0, 0.1) is 0 Å². The predicted octanol–water partition coefficient (Wildman–Crippen LogP) is 4.08. The molecule has 0 saturated heterocycles. The van der Waals surface area contributed by atoms with E-state index in [1.807, 2.05) is 27.7 Å². The van der Waals surface area contributed by atoms with Gasteiger partial charge in [-0.3, -0.25) is 9.59 Å². The van der Waals surface area contributed by atoms with E-state index in [4.69, 9.17) is 23.2 Å². The Morgan fingerprint density at radius 1 is 0.735 bits per heavy atom. The molecule has 0 atom stereocenters. The summed E-state index contributed by atoms with van der Waals surface area (Å²) in [4.78, 5) is 24.1. The summed E-state index contributed by atoms with van der Waals surface area (Å²) in [6.45, 7) is 7.27. The highest BCUT2D eigenvalue weighted by molar-refractivity contribution is 6.37. The van der Waals surface area contributed by atoms with E-state index in [1.165, 1.54) is 33.9 Å². The first-order valence-corrected chi connectivity index (χ1v) is 10.9.